The summed E-state index contributed by atoms with van der Waals surface area (Å²) in [6.07, 6.45) is 0.0983. The van der Waals surface area contributed by atoms with Crippen molar-refractivity contribution in [3.05, 3.63) is 0 Å². The molecule has 0 saturated carbocycles. The van der Waals surface area contributed by atoms with Gasteiger partial charge in [-0.15, -0.1) is 7.92 Å². The number of halogens is 2. The zero-order valence-corrected chi connectivity index (χ0v) is 8.65. The van der Waals surface area contributed by atoms with Crippen LogP contribution in [-0.2, 0) is 0 Å². The van der Waals surface area contributed by atoms with Crippen LogP contribution in [0.3, 0.4) is 0 Å². The lowest BCUT2D eigenvalue weighted by Crippen LogP contribution is -2.16. The maximum atomic E-state index is 12.8. The fourth-order valence-electron chi connectivity index (χ4n) is 0.522. The molecule has 0 aliphatic rings. The number of rotatable bonds is 3. The summed E-state index contributed by atoms with van der Waals surface area (Å²) in [4.78, 5) is 0. The molecule has 0 nitrogen and oxygen atoms in total. The average Bonchev–Trinajstić information content (AvgIpc) is 1.60. The third-order valence-electron chi connectivity index (χ3n) is 1.16. The summed E-state index contributed by atoms with van der Waals surface area (Å²) in [6, 6.07) is 0. The minimum atomic E-state index is -2.38. The summed E-state index contributed by atoms with van der Waals surface area (Å²) in [6.45, 7) is 7.05. The lowest BCUT2D eigenvalue weighted by molar-refractivity contribution is 0.126. The molecule has 0 saturated heterocycles. The van der Waals surface area contributed by atoms with E-state index in [1.54, 1.807) is 13.3 Å². The Kier molecular flexibility index (Phi) is 4.21. The summed E-state index contributed by atoms with van der Waals surface area (Å²) in [5.41, 5.74) is -2.38. The third-order valence-corrected chi connectivity index (χ3v) is 3.91. The molecule has 0 N–H and O–H groups in total. The monoisotopic (exact) mass is 186 g/mol. The van der Waals surface area contributed by atoms with Gasteiger partial charge in [0.05, 0.1) is 0 Å². The van der Waals surface area contributed by atoms with Crippen molar-refractivity contribution in [2.24, 2.45) is 0 Å². The first kappa shape index (κ1) is 10.7. The Morgan fingerprint density at radius 2 is 1.50 bits per heavy atom. The van der Waals surface area contributed by atoms with Gasteiger partial charge < -0.3 is 0 Å². The molecule has 0 bridgehead atoms. The number of hydrogen-bond acceptors (Lipinski definition) is 0. The summed E-state index contributed by atoms with van der Waals surface area (Å²) >= 11 is 0. The van der Waals surface area contributed by atoms with Gasteiger partial charge in [0.1, 0.15) is 0 Å². The Balaban J connectivity index is 3.87. The van der Waals surface area contributed by atoms with Crippen molar-refractivity contribution in [2.75, 3.05) is 32.8 Å². The highest BCUT2D eigenvalue weighted by molar-refractivity contribution is 7.61. The highest BCUT2D eigenvalue weighted by Crippen LogP contribution is 2.50. The van der Waals surface area contributed by atoms with Crippen molar-refractivity contribution in [1.29, 1.82) is 0 Å². The average molecular weight is 186 g/mol. The summed E-state index contributed by atoms with van der Waals surface area (Å²) in [5, 5.41) is 0. The van der Waals surface area contributed by atoms with Gasteiger partial charge in [-0.1, -0.05) is 0 Å². The summed E-state index contributed by atoms with van der Waals surface area (Å²) in [5.74, 6) is 0. The lowest BCUT2D eigenvalue weighted by Gasteiger charge is -2.22. The predicted molar refractivity (Wildman–Crippen MR) is 47.4 cm³/mol. The molecule has 0 aliphatic heterocycles. The second kappa shape index (κ2) is 3.93. The number of hydrogen-bond donors (Lipinski definition) is 0. The predicted octanol–water partition coefficient (Wildman–Crippen LogP) is 3.06. The van der Waals surface area contributed by atoms with Gasteiger partial charge in [0.15, 0.2) is 0 Å². The standard InChI is InChI=1S/C6H14F2P2/c1-9(2)5-6(7,8)10(3)4/h5H2,1-4H3. The zero-order chi connectivity index (χ0) is 8.36. The van der Waals surface area contributed by atoms with Crippen LogP contribution in [0.1, 0.15) is 0 Å². The van der Waals surface area contributed by atoms with Crippen LogP contribution in [0.4, 0.5) is 8.78 Å². The van der Waals surface area contributed by atoms with E-state index < -0.39 is 21.5 Å². The van der Waals surface area contributed by atoms with Gasteiger partial charge in [-0.05, 0) is 34.6 Å². The second-order valence-electron chi connectivity index (χ2n) is 2.80. The first-order chi connectivity index (χ1) is 4.36. The molecular formula is C6H14F2P2. The van der Waals surface area contributed by atoms with E-state index in [1.165, 1.54) is 0 Å². The number of alkyl halides is 2. The molecule has 0 aromatic carbocycles. The summed E-state index contributed by atoms with van der Waals surface area (Å²) in [7, 11) is -1.55. The molecule has 62 valence electrons. The molecule has 0 radical (unpaired) electrons. The Hall–Kier alpha value is 0.720. The molecule has 0 spiro atoms. The van der Waals surface area contributed by atoms with Crippen molar-refractivity contribution in [3.8, 4) is 0 Å². The van der Waals surface area contributed by atoms with E-state index in [0.29, 0.717) is 0 Å². The van der Waals surface area contributed by atoms with E-state index in [0.717, 1.165) is 0 Å². The minimum Gasteiger partial charge on any atom is -0.202 e. The van der Waals surface area contributed by atoms with Crippen molar-refractivity contribution in [1.82, 2.24) is 0 Å². The topological polar surface area (TPSA) is 0 Å². The van der Waals surface area contributed by atoms with Gasteiger partial charge >= 0.3 is 0 Å². The molecule has 0 aliphatic carbocycles. The smallest absolute Gasteiger partial charge is 0.202 e. The van der Waals surface area contributed by atoms with Crippen LogP contribution in [0.25, 0.3) is 0 Å². The first-order valence-electron chi connectivity index (χ1n) is 3.06. The van der Waals surface area contributed by atoms with E-state index >= 15 is 0 Å². The van der Waals surface area contributed by atoms with Gasteiger partial charge in [-0.2, -0.15) is 0 Å². The molecule has 0 aromatic heterocycles. The molecule has 0 atom stereocenters. The van der Waals surface area contributed by atoms with E-state index in [2.05, 4.69) is 0 Å². The molecule has 0 rings (SSSR count). The SMILES string of the molecule is CP(C)CC(F)(F)P(C)C. The van der Waals surface area contributed by atoms with Crippen molar-refractivity contribution < 1.29 is 8.78 Å². The minimum absolute atomic E-state index is 0.0983. The zero-order valence-electron chi connectivity index (χ0n) is 6.86. The largest absolute Gasteiger partial charge is 0.267 e. The van der Waals surface area contributed by atoms with E-state index in [1.807, 2.05) is 13.3 Å². The Bertz CT molecular complexity index is 102. The van der Waals surface area contributed by atoms with E-state index in [9.17, 15) is 8.78 Å². The summed E-state index contributed by atoms with van der Waals surface area (Å²) < 4.78 is 25.7. The Labute approximate surface area is 63.9 Å². The van der Waals surface area contributed by atoms with Crippen LogP contribution in [0.5, 0.6) is 0 Å². The van der Waals surface area contributed by atoms with Crippen LogP contribution in [0.2, 0.25) is 0 Å². The second-order valence-corrected chi connectivity index (χ2v) is 7.72. The van der Waals surface area contributed by atoms with Crippen molar-refractivity contribution in [3.63, 3.8) is 0 Å². The van der Waals surface area contributed by atoms with Crippen LogP contribution in [0, 0.1) is 0 Å². The van der Waals surface area contributed by atoms with Crippen molar-refractivity contribution in [2.45, 2.75) is 5.66 Å². The van der Waals surface area contributed by atoms with Crippen LogP contribution < -0.4 is 0 Å². The maximum absolute atomic E-state index is 12.8. The lowest BCUT2D eigenvalue weighted by atomic mass is 10.8. The van der Waals surface area contributed by atoms with Gasteiger partial charge in [-0.25, -0.2) is 8.78 Å². The van der Waals surface area contributed by atoms with Crippen LogP contribution in [-0.4, -0.2) is 38.5 Å². The molecule has 0 unspecified atom stereocenters. The normalized spacial score (nSPS) is 13.2. The van der Waals surface area contributed by atoms with Gasteiger partial charge in [0, 0.05) is 6.16 Å². The van der Waals surface area contributed by atoms with Gasteiger partial charge in [-0.3, -0.25) is 0 Å². The first-order valence-corrected chi connectivity index (χ1v) is 7.72. The van der Waals surface area contributed by atoms with Crippen LogP contribution >= 0.6 is 15.8 Å². The van der Waals surface area contributed by atoms with Crippen molar-refractivity contribution >= 4 is 15.8 Å². The highest BCUT2D eigenvalue weighted by Gasteiger charge is 2.33. The molecule has 0 heterocycles. The molecular weight excluding hydrogens is 172 g/mol. The van der Waals surface area contributed by atoms with E-state index in [-0.39, 0.29) is 6.16 Å². The van der Waals surface area contributed by atoms with Gasteiger partial charge in [0.25, 0.3) is 5.66 Å². The third kappa shape index (κ3) is 3.78. The Morgan fingerprint density at radius 1 is 1.10 bits per heavy atom. The van der Waals surface area contributed by atoms with E-state index in [4.69, 9.17) is 0 Å². The van der Waals surface area contributed by atoms with Gasteiger partial charge in [0.2, 0.25) is 0 Å². The molecule has 0 fully saturated rings. The quantitative estimate of drug-likeness (QED) is 0.594. The fourth-order valence-corrected chi connectivity index (χ4v) is 3.26. The molecule has 0 aromatic rings. The molecule has 4 heteroatoms. The maximum Gasteiger partial charge on any atom is 0.267 e. The molecule has 10 heavy (non-hydrogen) atoms. The van der Waals surface area contributed by atoms with Crippen LogP contribution in [0.15, 0.2) is 0 Å². The molecule has 0 amide bonds. The highest BCUT2D eigenvalue weighted by atomic mass is 31.1. The fraction of sp³-hybridized carbons (Fsp3) is 1.00. The Morgan fingerprint density at radius 3 is 1.60 bits per heavy atom.